The molecule has 1 aliphatic carbocycles. The average Bonchev–Trinajstić information content (AvgIpc) is 3.49. The second-order valence-corrected chi connectivity index (χ2v) is 9.55. The van der Waals surface area contributed by atoms with Gasteiger partial charge < -0.3 is 0 Å². The van der Waals surface area contributed by atoms with Crippen LogP contribution in [0.3, 0.4) is 0 Å². The van der Waals surface area contributed by atoms with Crippen molar-refractivity contribution in [3.05, 3.63) is 98.4 Å². The van der Waals surface area contributed by atoms with Gasteiger partial charge in [-0.2, -0.15) is 10.2 Å². The highest BCUT2D eigenvalue weighted by Crippen LogP contribution is 2.45. The highest BCUT2D eigenvalue weighted by Gasteiger charge is 2.45. The zero-order valence-electron chi connectivity index (χ0n) is 20.7. The first kappa shape index (κ1) is 23.7. The molecule has 8 heteroatoms. The largest absolute Gasteiger partial charge is 0.320 e. The minimum Gasteiger partial charge on any atom is -0.265 e. The van der Waals surface area contributed by atoms with E-state index < -0.39 is 10.8 Å². The molecule has 2 aromatic carbocycles. The van der Waals surface area contributed by atoms with Crippen molar-refractivity contribution in [2.75, 3.05) is 0 Å². The molecule has 0 radical (unpaired) electrons. The molecular weight excluding hydrogens is 454 g/mol. The molecule has 0 saturated heterocycles. The van der Waals surface area contributed by atoms with Crippen LogP contribution in [0.4, 0.5) is 5.69 Å². The Hall–Kier alpha value is -4.07. The highest BCUT2D eigenvalue weighted by atomic mass is 16.6. The number of aromatic nitrogens is 2. The minimum absolute atomic E-state index is 0.00872. The minimum atomic E-state index is -0.549. The van der Waals surface area contributed by atoms with Gasteiger partial charge >= 0.3 is 11.6 Å². The molecular formula is C28H29N5O3. The van der Waals surface area contributed by atoms with Crippen LogP contribution in [0, 0.1) is 29.9 Å². The first-order valence-electron chi connectivity index (χ1n) is 12.3. The maximum absolute atomic E-state index is 13.8. The summed E-state index contributed by atoms with van der Waals surface area (Å²) >= 11 is 0. The van der Waals surface area contributed by atoms with Gasteiger partial charge in [0, 0.05) is 12.5 Å². The summed E-state index contributed by atoms with van der Waals surface area (Å²) in [6.45, 7) is 6.33. The maximum Gasteiger partial charge on any atom is 0.320 e. The summed E-state index contributed by atoms with van der Waals surface area (Å²) in [5.74, 6) is -0.537. The van der Waals surface area contributed by atoms with E-state index >= 15 is 0 Å². The summed E-state index contributed by atoms with van der Waals surface area (Å²) in [5.41, 5.74) is 5.90. The summed E-state index contributed by atoms with van der Waals surface area (Å²) < 4.78 is 1.42. The van der Waals surface area contributed by atoms with Crippen LogP contribution in [0.15, 0.2) is 65.4 Å². The van der Waals surface area contributed by atoms with Crippen LogP contribution in [0.1, 0.15) is 65.0 Å². The lowest BCUT2D eigenvalue weighted by Gasteiger charge is -2.29. The number of carbonyl (C=O) groups excluding carboxylic acids is 1. The lowest BCUT2D eigenvalue weighted by Crippen LogP contribution is -2.32. The predicted octanol–water partition coefficient (Wildman–Crippen LogP) is 5.86. The number of amides is 1. The van der Waals surface area contributed by atoms with E-state index in [4.69, 9.17) is 5.10 Å². The Morgan fingerprint density at radius 1 is 1.11 bits per heavy atom. The number of carbonyl (C=O) groups is 1. The molecule has 36 heavy (non-hydrogen) atoms. The maximum atomic E-state index is 13.8. The summed E-state index contributed by atoms with van der Waals surface area (Å²) in [5, 5.41) is 22.3. The van der Waals surface area contributed by atoms with Crippen molar-refractivity contribution in [2.45, 2.75) is 52.6 Å². The normalized spacial score (nSPS) is 20.4. The highest BCUT2D eigenvalue weighted by molar-refractivity contribution is 6.09. The molecule has 2 atom stereocenters. The number of benzene rings is 2. The van der Waals surface area contributed by atoms with Crippen LogP contribution >= 0.6 is 0 Å². The van der Waals surface area contributed by atoms with Crippen molar-refractivity contribution in [1.29, 1.82) is 0 Å². The molecule has 2 aliphatic rings. The number of hydrogen-bond acceptors (Lipinski definition) is 5. The van der Waals surface area contributed by atoms with Crippen molar-refractivity contribution in [3.8, 4) is 0 Å². The molecule has 1 amide bonds. The van der Waals surface area contributed by atoms with E-state index in [2.05, 4.69) is 42.4 Å². The monoisotopic (exact) mass is 483 g/mol. The number of nitro groups is 1. The number of allylic oxidation sites excluding steroid dienone is 1. The van der Waals surface area contributed by atoms with E-state index in [-0.39, 0.29) is 23.3 Å². The van der Waals surface area contributed by atoms with E-state index in [0.29, 0.717) is 6.54 Å². The van der Waals surface area contributed by atoms with Gasteiger partial charge in [-0.05, 0) is 62.8 Å². The van der Waals surface area contributed by atoms with E-state index in [1.807, 2.05) is 38.1 Å². The van der Waals surface area contributed by atoms with E-state index in [0.717, 1.165) is 47.2 Å². The standard InChI is InChI=1S/C28H29N5O3/c1-4-31-17-24(33(35)36)26(29-31)28(34)32-27(21-14-10-19(3)11-15-21)23-7-5-6-22(25(23)30-32)16-20-12-8-18(2)9-13-20/h8-17,23,27H,4-7H2,1-3H3/b22-16+/t23-,27+/m0/s1. The van der Waals surface area contributed by atoms with Crippen LogP contribution < -0.4 is 0 Å². The van der Waals surface area contributed by atoms with Crippen molar-refractivity contribution >= 4 is 23.4 Å². The molecule has 0 unspecified atom stereocenters. The van der Waals surface area contributed by atoms with Crippen molar-refractivity contribution in [3.63, 3.8) is 0 Å². The fourth-order valence-corrected chi connectivity index (χ4v) is 5.10. The smallest absolute Gasteiger partial charge is 0.265 e. The first-order chi connectivity index (χ1) is 17.4. The Kier molecular flexibility index (Phi) is 6.26. The fraction of sp³-hybridized carbons (Fsp3) is 0.321. The van der Waals surface area contributed by atoms with Crippen molar-refractivity contribution < 1.29 is 9.72 Å². The molecule has 0 spiro atoms. The van der Waals surface area contributed by atoms with Crippen LogP contribution in [-0.2, 0) is 6.54 Å². The third-order valence-corrected chi connectivity index (χ3v) is 7.01. The van der Waals surface area contributed by atoms with Gasteiger partial charge in [-0.3, -0.25) is 19.6 Å². The number of nitrogens with zero attached hydrogens (tertiary/aromatic N) is 5. The Morgan fingerprint density at radius 2 is 1.78 bits per heavy atom. The molecule has 3 aromatic rings. The molecule has 1 fully saturated rings. The lowest BCUT2D eigenvalue weighted by atomic mass is 9.77. The molecule has 0 N–H and O–H groups in total. The predicted molar refractivity (Wildman–Crippen MR) is 139 cm³/mol. The topological polar surface area (TPSA) is 93.6 Å². The van der Waals surface area contributed by atoms with Gasteiger partial charge in [-0.25, -0.2) is 5.01 Å². The summed E-state index contributed by atoms with van der Waals surface area (Å²) in [6.07, 6.45) is 6.21. The van der Waals surface area contributed by atoms with Gasteiger partial charge in [0.25, 0.3) is 0 Å². The summed E-state index contributed by atoms with van der Waals surface area (Å²) in [7, 11) is 0. The van der Waals surface area contributed by atoms with Crippen LogP contribution in [0.25, 0.3) is 6.08 Å². The van der Waals surface area contributed by atoms with Gasteiger partial charge in [0.15, 0.2) is 0 Å². The Balaban J connectivity index is 1.60. The summed E-state index contributed by atoms with van der Waals surface area (Å²) in [6, 6.07) is 16.1. The molecule has 1 aromatic heterocycles. The van der Waals surface area contributed by atoms with Gasteiger partial charge in [-0.15, -0.1) is 0 Å². The quantitative estimate of drug-likeness (QED) is 0.335. The summed E-state index contributed by atoms with van der Waals surface area (Å²) in [4.78, 5) is 25.0. The number of fused-ring (bicyclic) bond motifs is 1. The Labute approximate surface area is 210 Å². The van der Waals surface area contributed by atoms with Crippen molar-refractivity contribution in [1.82, 2.24) is 14.8 Å². The molecule has 184 valence electrons. The van der Waals surface area contributed by atoms with Crippen molar-refractivity contribution in [2.24, 2.45) is 11.0 Å². The molecule has 2 heterocycles. The van der Waals surface area contributed by atoms with Gasteiger partial charge in [0.1, 0.15) is 6.20 Å². The number of aryl methyl sites for hydroxylation is 3. The third kappa shape index (κ3) is 4.34. The SMILES string of the molecule is CCn1cc([N+](=O)[O-])c(C(=O)N2N=C3/C(=C/c4ccc(C)cc4)CCC[C@@H]3[C@H]2c2ccc(C)cc2)n1. The average molecular weight is 484 g/mol. The number of hydrogen-bond donors (Lipinski definition) is 0. The van der Waals surface area contributed by atoms with Crippen LogP contribution in [-0.4, -0.2) is 31.3 Å². The molecule has 0 bridgehead atoms. The zero-order valence-corrected chi connectivity index (χ0v) is 20.7. The molecule has 1 aliphatic heterocycles. The lowest BCUT2D eigenvalue weighted by molar-refractivity contribution is -0.385. The van der Waals surface area contributed by atoms with Crippen LogP contribution in [0.5, 0.6) is 0 Å². The fourth-order valence-electron chi connectivity index (χ4n) is 5.10. The number of hydrazone groups is 1. The zero-order chi connectivity index (χ0) is 25.4. The number of rotatable bonds is 5. The van der Waals surface area contributed by atoms with Gasteiger partial charge in [0.05, 0.1) is 16.7 Å². The molecule has 8 nitrogen and oxygen atoms in total. The molecule has 1 saturated carbocycles. The second-order valence-electron chi connectivity index (χ2n) is 9.55. The van der Waals surface area contributed by atoms with Crippen LogP contribution in [0.2, 0.25) is 0 Å². The Bertz CT molecular complexity index is 1370. The Morgan fingerprint density at radius 3 is 2.42 bits per heavy atom. The first-order valence-corrected chi connectivity index (χ1v) is 12.3. The van der Waals surface area contributed by atoms with E-state index in [1.54, 1.807) is 0 Å². The van der Waals surface area contributed by atoms with E-state index in [1.165, 1.54) is 21.5 Å². The van der Waals surface area contributed by atoms with E-state index in [9.17, 15) is 14.9 Å². The van der Waals surface area contributed by atoms with Gasteiger partial charge in [0.2, 0.25) is 5.69 Å². The second kappa shape index (κ2) is 9.53. The molecule has 5 rings (SSSR count). The third-order valence-electron chi connectivity index (χ3n) is 7.01. The van der Waals surface area contributed by atoms with Gasteiger partial charge in [-0.1, -0.05) is 59.7 Å².